The van der Waals surface area contributed by atoms with Crippen LogP contribution in [0.4, 0.5) is 34.1 Å². The molecule has 318 valence electrons. The topological polar surface area (TPSA) is 24.0 Å². The number of nitrogens with zero attached hydrogens (tertiary/aromatic N) is 3. The number of para-hydroxylation sites is 3. The molecule has 0 fully saturated rings. The molecular formula is C61H53N3O. The van der Waals surface area contributed by atoms with Gasteiger partial charge < -0.3 is 14.2 Å². The molecule has 0 radical (unpaired) electrons. The molecule has 0 bridgehead atoms. The first kappa shape index (κ1) is 39.3. The lowest BCUT2D eigenvalue weighted by Gasteiger charge is -2.28. The monoisotopic (exact) mass is 843 g/mol. The fourth-order valence-electron chi connectivity index (χ4n) is 10.8. The van der Waals surface area contributed by atoms with Crippen LogP contribution in [0, 0.1) is 0 Å². The van der Waals surface area contributed by atoms with Crippen LogP contribution in [0.15, 0.2) is 180 Å². The molecule has 8 aromatic carbocycles. The van der Waals surface area contributed by atoms with E-state index in [1.165, 1.54) is 60.6 Å². The van der Waals surface area contributed by atoms with E-state index in [1.54, 1.807) is 0 Å². The summed E-state index contributed by atoms with van der Waals surface area (Å²) in [6, 6.07) is 64.9. The summed E-state index contributed by atoms with van der Waals surface area (Å²) in [4.78, 5) is 4.81. The molecule has 0 aliphatic heterocycles. The predicted molar refractivity (Wildman–Crippen MR) is 275 cm³/mol. The molecule has 11 aromatic rings. The van der Waals surface area contributed by atoms with Crippen molar-refractivity contribution >= 4 is 83.3 Å². The smallest absolute Gasteiger partial charge is 0.213 e. The molecule has 0 amide bonds. The van der Waals surface area contributed by atoms with Crippen LogP contribution in [0.2, 0.25) is 0 Å². The van der Waals surface area contributed by atoms with Crippen LogP contribution in [0.1, 0.15) is 77.8 Å². The van der Waals surface area contributed by atoms with Gasteiger partial charge in [0.25, 0.3) is 0 Å². The Hall–Kier alpha value is -7.30. The molecule has 0 saturated carbocycles. The molecule has 0 unspecified atom stereocenters. The second kappa shape index (κ2) is 13.8. The zero-order valence-electron chi connectivity index (χ0n) is 38.5. The quantitative estimate of drug-likeness (QED) is 0.167. The standard InChI is InChI=1S/C61H53N3O/c1-59(2,3)40-24-29-44(30-25-40)62(42-17-11-9-12-18-42)46-28-23-38-36-49-50(37-39(38)35-46)61(7,8)57-53(49)48-33-34-51(55-54-47-21-15-16-22-52(47)65-58(54)64(57)56(48)55)63(43-19-13-10-14-20-43)45-31-26-41(27-32-45)60(4,5)6/h9-37H,1-8H3. The highest BCUT2D eigenvalue weighted by Crippen LogP contribution is 2.58. The van der Waals surface area contributed by atoms with Crippen LogP contribution in [-0.4, -0.2) is 4.40 Å². The van der Waals surface area contributed by atoms with Gasteiger partial charge in [0.15, 0.2) is 0 Å². The molecule has 0 spiro atoms. The van der Waals surface area contributed by atoms with E-state index in [1.807, 2.05) is 0 Å². The minimum atomic E-state index is -0.338. The summed E-state index contributed by atoms with van der Waals surface area (Å²) < 4.78 is 9.51. The number of rotatable bonds is 6. The van der Waals surface area contributed by atoms with Gasteiger partial charge >= 0.3 is 0 Å². The number of fused-ring (bicyclic) bond motifs is 11. The summed E-state index contributed by atoms with van der Waals surface area (Å²) in [5.41, 5.74) is 17.4. The maximum Gasteiger partial charge on any atom is 0.213 e. The van der Waals surface area contributed by atoms with E-state index in [0.29, 0.717) is 0 Å². The van der Waals surface area contributed by atoms with Crippen molar-refractivity contribution in [2.75, 3.05) is 9.80 Å². The van der Waals surface area contributed by atoms with Crippen LogP contribution in [0.3, 0.4) is 0 Å². The van der Waals surface area contributed by atoms with E-state index in [9.17, 15) is 0 Å². The summed E-state index contributed by atoms with van der Waals surface area (Å²) in [6.45, 7) is 18.4. The van der Waals surface area contributed by atoms with E-state index in [0.717, 1.165) is 56.2 Å². The highest BCUT2D eigenvalue weighted by Gasteiger charge is 2.43. The maximum absolute atomic E-state index is 7.03. The zero-order chi connectivity index (χ0) is 44.6. The lowest BCUT2D eigenvalue weighted by molar-refractivity contribution is 0.590. The summed E-state index contributed by atoms with van der Waals surface area (Å²) in [7, 11) is 0. The van der Waals surface area contributed by atoms with Gasteiger partial charge in [0.1, 0.15) is 5.58 Å². The molecular weight excluding hydrogens is 791 g/mol. The van der Waals surface area contributed by atoms with Crippen molar-refractivity contribution in [3.05, 3.63) is 198 Å². The van der Waals surface area contributed by atoms with E-state index < -0.39 is 0 Å². The first-order chi connectivity index (χ1) is 31.3. The third-order valence-corrected chi connectivity index (χ3v) is 14.1. The summed E-state index contributed by atoms with van der Waals surface area (Å²) >= 11 is 0. The average molecular weight is 844 g/mol. The largest absolute Gasteiger partial charge is 0.439 e. The normalized spacial score (nSPS) is 13.7. The minimum Gasteiger partial charge on any atom is -0.439 e. The van der Waals surface area contributed by atoms with Gasteiger partial charge in [-0.15, -0.1) is 0 Å². The second-order valence-corrected chi connectivity index (χ2v) is 20.7. The highest BCUT2D eigenvalue weighted by atomic mass is 16.3. The van der Waals surface area contributed by atoms with E-state index in [-0.39, 0.29) is 16.2 Å². The third-order valence-electron chi connectivity index (χ3n) is 14.1. The predicted octanol–water partition coefficient (Wildman–Crippen LogP) is 17.4. The van der Waals surface area contributed by atoms with Crippen LogP contribution in [-0.2, 0) is 16.2 Å². The molecule has 12 rings (SSSR count). The number of aromatic nitrogens is 1. The van der Waals surface area contributed by atoms with Crippen molar-refractivity contribution in [2.45, 2.75) is 71.6 Å². The van der Waals surface area contributed by atoms with Gasteiger partial charge in [0.05, 0.1) is 16.6 Å². The number of furan rings is 1. The van der Waals surface area contributed by atoms with E-state index >= 15 is 0 Å². The Morgan fingerprint density at radius 1 is 0.477 bits per heavy atom. The fourth-order valence-corrected chi connectivity index (χ4v) is 10.8. The van der Waals surface area contributed by atoms with Crippen LogP contribution in [0.5, 0.6) is 0 Å². The van der Waals surface area contributed by atoms with Gasteiger partial charge in [-0.2, -0.15) is 0 Å². The maximum atomic E-state index is 7.03. The van der Waals surface area contributed by atoms with Gasteiger partial charge in [-0.05, 0) is 129 Å². The van der Waals surface area contributed by atoms with Crippen molar-refractivity contribution in [2.24, 2.45) is 0 Å². The fraction of sp³-hybridized carbons (Fsp3) is 0.180. The SMILES string of the molecule is CC(C)(C)c1ccc(N(c2ccccc2)c2ccc3cc4c(cc3c2)C(C)(C)c2c-4c3ccc(N(c4ccccc4)c4ccc(C(C)(C)C)cc4)c4c5c6ccccc6oc5n2c34)cc1. The zero-order valence-corrected chi connectivity index (χ0v) is 38.5. The molecule has 3 aromatic heterocycles. The van der Waals surface area contributed by atoms with Crippen molar-refractivity contribution in [3.8, 4) is 11.1 Å². The molecule has 0 N–H and O–H groups in total. The van der Waals surface area contributed by atoms with Crippen molar-refractivity contribution < 1.29 is 4.42 Å². The van der Waals surface area contributed by atoms with E-state index in [4.69, 9.17) is 4.42 Å². The Morgan fingerprint density at radius 3 is 1.66 bits per heavy atom. The minimum absolute atomic E-state index is 0.0488. The average Bonchev–Trinajstić information content (AvgIpc) is 4.01. The Morgan fingerprint density at radius 2 is 1.03 bits per heavy atom. The number of anilines is 6. The van der Waals surface area contributed by atoms with Gasteiger partial charge in [-0.25, -0.2) is 0 Å². The van der Waals surface area contributed by atoms with Crippen molar-refractivity contribution in [3.63, 3.8) is 0 Å². The third kappa shape index (κ3) is 5.89. The van der Waals surface area contributed by atoms with Crippen molar-refractivity contribution in [1.29, 1.82) is 0 Å². The molecule has 4 heteroatoms. The molecule has 1 aliphatic carbocycles. The summed E-state index contributed by atoms with van der Waals surface area (Å²) in [6.07, 6.45) is 0. The molecule has 4 nitrogen and oxygen atoms in total. The van der Waals surface area contributed by atoms with Gasteiger partial charge in [0, 0.05) is 61.3 Å². The number of benzene rings is 8. The molecule has 0 atom stereocenters. The van der Waals surface area contributed by atoms with E-state index in [2.05, 4.69) is 246 Å². The van der Waals surface area contributed by atoms with Gasteiger partial charge in [-0.1, -0.05) is 146 Å². The van der Waals surface area contributed by atoms with Gasteiger partial charge in [0.2, 0.25) is 5.71 Å². The number of hydrogen-bond acceptors (Lipinski definition) is 3. The van der Waals surface area contributed by atoms with Crippen molar-refractivity contribution in [1.82, 2.24) is 4.40 Å². The number of hydrogen-bond donors (Lipinski definition) is 0. The van der Waals surface area contributed by atoms with Crippen LogP contribution >= 0.6 is 0 Å². The van der Waals surface area contributed by atoms with Gasteiger partial charge in [-0.3, -0.25) is 4.40 Å². The second-order valence-electron chi connectivity index (χ2n) is 20.7. The Labute approximate surface area is 381 Å². The van der Waals surface area contributed by atoms with Crippen LogP contribution < -0.4 is 9.80 Å². The Balaban J connectivity index is 1.08. The summed E-state index contributed by atoms with van der Waals surface area (Å²) in [5.74, 6) is 0. The Bertz CT molecular complexity index is 3620. The highest BCUT2D eigenvalue weighted by molar-refractivity contribution is 6.29. The molecule has 0 saturated heterocycles. The summed E-state index contributed by atoms with van der Waals surface area (Å²) in [5, 5.41) is 7.19. The lowest BCUT2D eigenvalue weighted by Crippen LogP contribution is -2.17. The Kier molecular flexibility index (Phi) is 8.37. The first-order valence-electron chi connectivity index (χ1n) is 23.0. The molecule has 3 heterocycles. The first-order valence-corrected chi connectivity index (χ1v) is 23.0. The van der Waals surface area contributed by atoms with Crippen LogP contribution in [0.25, 0.3) is 60.3 Å². The molecule has 65 heavy (non-hydrogen) atoms. The lowest BCUT2D eigenvalue weighted by atomic mass is 9.84. The molecule has 1 aliphatic rings.